The minimum atomic E-state index is 0.164. The summed E-state index contributed by atoms with van der Waals surface area (Å²) in [6, 6.07) is 16.8. The molecular formula is C27H32N4O2. The fourth-order valence-corrected chi connectivity index (χ4v) is 5.23. The number of piperazine rings is 1. The molecule has 172 valence electrons. The van der Waals surface area contributed by atoms with Crippen LogP contribution in [0.1, 0.15) is 23.7 Å². The van der Waals surface area contributed by atoms with Crippen LogP contribution in [0.5, 0.6) is 0 Å². The number of benzene rings is 2. The van der Waals surface area contributed by atoms with E-state index in [9.17, 15) is 9.90 Å². The minimum absolute atomic E-state index is 0.164. The zero-order valence-electron chi connectivity index (χ0n) is 19.5. The molecule has 0 unspecified atom stereocenters. The van der Waals surface area contributed by atoms with Crippen LogP contribution in [-0.4, -0.2) is 58.1 Å². The van der Waals surface area contributed by atoms with Crippen molar-refractivity contribution in [2.75, 3.05) is 37.6 Å². The van der Waals surface area contributed by atoms with E-state index in [1.165, 1.54) is 22.2 Å². The van der Waals surface area contributed by atoms with Gasteiger partial charge in [0, 0.05) is 68.5 Å². The molecule has 5 rings (SSSR count). The van der Waals surface area contributed by atoms with Gasteiger partial charge >= 0.3 is 0 Å². The van der Waals surface area contributed by atoms with Crippen molar-refractivity contribution in [3.8, 4) is 0 Å². The smallest absolute Gasteiger partial charge is 0.241 e. The number of hydrogen-bond acceptors (Lipinski definition) is 4. The Hall–Kier alpha value is -3.25. The first-order valence-corrected chi connectivity index (χ1v) is 11.8. The minimum Gasteiger partial charge on any atom is -0.495 e. The summed E-state index contributed by atoms with van der Waals surface area (Å²) in [5.41, 5.74) is 6.03. The summed E-state index contributed by atoms with van der Waals surface area (Å²) < 4.78 is 2.26. The first-order valence-electron chi connectivity index (χ1n) is 11.8. The summed E-state index contributed by atoms with van der Waals surface area (Å²) in [7, 11) is 2.11. The molecule has 1 fully saturated rings. The fraction of sp³-hybridized carbons (Fsp3) is 0.370. The number of aromatic nitrogens is 1. The molecule has 6 nitrogen and oxygen atoms in total. The van der Waals surface area contributed by atoms with E-state index in [0.29, 0.717) is 25.5 Å². The first-order chi connectivity index (χ1) is 16.0. The number of aryl methyl sites for hydroxylation is 1. The molecule has 2 aliphatic heterocycles. The van der Waals surface area contributed by atoms with Crippen LogP contribution in [0.2, 0.25) is 0 Å². The first kappa shape index (κ1) is 21.6. The van der Waals surface area contributed by atoms with Crippen LogP contribution >= 0.6 is 0 Å². The Morgan fingerprint density at radius 2 is 1.88 bits per heavy atom. The van der Waals surface area contributed by atoms with Crippen molar-refractivity contribution in [1.29, 1.82) is 0 Å². The molecule has 1 aromatic heterocycles. The van der Waals surface area contributed by atoms with Crippen LogP contribution in [0.4, 0.5) is 5.69 Å². The van der Waals surface area contributed by atoms with Gasteiger partial charge in [-0.05, 0) is 37.1 Å². The van der Waals surface area contributed by atoms with Gasteiger partial charge in [0.05, 0.1) is 12.1 Å². The summed E-state index contributed by atoms with van der Waals surface area (Å²) >= 11 is 0. The number of aliphatic hydroxyl groups excluding tert-OH is 1. The van der Waals surface area contributed by atoms with E-state index in [1.807, 2.05) is 22.8 Å². The van der Waals surface area contributed by atoms with Gasteiger partial charge in [-0.15, -0.1) is 0 Å². The number of allylic oxidation sites excluding steroid dienone is 1. The largest absolute Gasteiger partial charge is 0.495 e. The SMILES string of the molecule is CC=C(O)N1CCc2c(c3ccc(N4CCN(CCc5ccccc5)CC4=O)cc3n2C)C1. The van der Waals surface area contributed by atoms with Crippen LogP contribution in [0.25, 0.3) is 10.9 Å². The van der Waals surface area contributed by atoms with E-state index >= 15 is 0 Å². The summed E-state index contributed by atoms with van der Waals surface area (Å²) in [4.78, 5) is 19.2. The van der Waals surface area contributed by atoms with Crippen LogP contribution in [0, 0.1) is 0 Å². The molecule has 0 spiro atoms. The lowest BCUT2D eigenvalue weighted by Crippen LogP contribution is -2.50. The van der Waals surface area contributed by atoms with Gasteiger partial charge in [-0.3, -0.25) is 9.69 Å². The second-order valence-corrected chi connectivity index (χ2v) is 9.06. The number of hydrogen-bond donors (Lipinski definition) is 1. The molecule has 0 aliphatic carbocycles. The maximum absolute atomic E-state index is 13.0. The van der Waals surface area contributed by atoms with Gasteiger partial charge in [-0.25, -0.2) is 0 Å². The van der Waals surface area contributed by atoms with Crippen molar-refractivity contribution in [2.45, 2.75) is 26.3 Å². The topological polar surface area (TPSA) is 52.0 Å². The molecular weight excluding hydrogens is 412 g/mol. The molecule has 1 N–H and O–H groups in total. The van der Waals surface area contributed by atoms with Crippen LogP contribution in [0.15, 0.2) is 60.5 Å². The molecule has 1 saturated heterocycles. The predicted molar refractivity (Wildman–Crippen MR) is 132 cm³/mol. The molecule has 0 atom stereocenters. The van der Waals surface area contributed by atoms with E-state index in [2.05, 4.69) is 59.0 Å². The highest BCUT2D eigenvalue weighted by molar-refractivity contribution is 5.98. The van der Waals surface area contributed by atoms with E-state index in [1.54, 1.807) is 6.08 Å². The highest BCUT2D eigenvalue weighted by Gasteiger charge is 2.27. The number of carbonyl (C=O) groups excluding carboxylic acids is 1. The van der Waals surface area contributed by atoms with Gasteiger partial charge in [-0.1, -0.05) is 36.4 Å². The second kappa shape index (κ2) is 8.94. The molecule has 1 amide bonds. The van der Waals surface area contributed by atoms with Crippen LogP contribution in [0.3, 0.4) is 0 Å². The van der Waals surface area contributed by atoms with E-state index in [4.69, 9.17) is 0 Å². The number of amides is 1. The summed E-state index contributed by atoms with van der Waals surface area (Å²) in [6.07, 6.45) is 3.61. The summed E-state index contributed by atoms with van der Waals surface area (Å²) in [5, 5.41) is 11.4. The van der Waals surface area contributed by atoms with E-state index in [0.717, 1.165) is 43.7 Å². The Morgan fingerprint density at radius 1 is 1.06 bits per heavy atom. The highest BCUT2D eigenvalue weighted by atomic mass is 16.3. The Kier molecular flexibility index (Phi) is 5.85. The highest BCUT2D eigenvalue weighted by Crippen LogP contribution is 2.33. The number of fused-ring (bicyclic) bond motifs is 3. The third kappa shape index (κ3) is 4.11. The normalized spacial score (nSPS) is 17.6. The summed E-state index contributed by atoms with van der Waals surface area (Å²) in [6.45, 7) is 6.35. The van der Waals surface area contributed by atoms with E-state index < -0.39 is 0 Å². The maximum Gasteiger partial charge on any atom is 0.241 e. The Bertz CT molecular complexity index is 1200. The second-order valence-electron chi connectivity index (χ2n) is 9.06. The van der Waals surface area contributed by atoms with Gasteiger partial charge < -0.3 is 19.5 Å². The van der Waals surface area contributed by atoms with Gasteiger partial charge in [0.2, 0.25) is 5.91 Å². The maximum atomic E-state index is 13.0. The van der Waals surface area contributed by atoms with E-state index in [-0.39, 0.29) is 5.91 Å². The van der Waals surface area contributed by atoms with Crippen LogP contribution in [-0.2, 0) is 31.2 Å². The van der Waals surface area contributed by atoms with Gasteiger partial charge in [0.1, 0.15) is 0 Å². The quantitative estimate of drug-likeness (QED) is 0.608. The lowest BCUT2D eigenvalue weighted by Gasteiger charge is -2.34. The van der Waals surface area contributed by atoms with Crippen molar-refractivity contribution in [1.82, 2.24) is 14.4 Å². The Labute approximate surface area is 195 Å². The number of carbonyl (C=O) groups is 1. The van der Waals surface area contributed by atoms with Gasteiger partial charge in [-0.2, -0.15) is 0 Å². The lowest BCUT2D eigenvalue weighted by atomic mass is 10.0. The van der Waals surface area contributed by atoms with Crippen molar-refractivity contribution in [3.05, 3.63) is 77.3 Å². The molecule has 6 heteroatoms. The summed E-state index contributed by atoms with van der Waals surface area (Å²) in [5.74, 6) is 0.502. The van der Waals surface area contributed by atoms with Crippen molar-refractivity contribution < 1.29 is 9.90 Å². The predicted octanol–water partition coefficient (Wildman–Crippen LogP) is 3.85. The number of nitrogens with zero attached hydrogens (tertiary/aromatic N) is 4. The van der Waals surface area contributed by atoms with Gasteiger partial charge in [0.15, 0.2) is 5.88 Å². The average Bonchev–Trinajstić information content (AvgIpc) is 3.13. The Morgan fingerprint density at radius 3 is 2.64 bits per heavy atom. The van der Waals surface area contributed by atoms with Crippen LogP contribution < -0.4 is 4.90 Å². The van der Waals surface area contributed by atoms with Crippen molar-refractivity contribution >= 4 is 22.5 Å². The lowest BCUT2D eigenvalue weighted by molar-refractivity contribution is -0.121. The monoisotopic (exact) mass is 444 g/mol. The number of rotatable bonds is 5. The zero-order chi connectivity index (χ0) is 22.9. The number of aliphatic hydroxyl groups is 1. The molecule has 3 aromatic rings. The molecule has 0 saturated carbocycles. The molecule has 3 heterocycles. The van der Waals surface area contributed by atoms with Gasteiger partial charge in [0.25, 0.3) is 0 Å². The molecule has 33 heavy (non-hydrogen) atoms. The van der Waals surface area contributed by atoms with Crippen molar-refractivity contribution in [3.63, 3.8) is 0 Å². The standard InChI is InChI=1S/C27H32N4O2/c1-3-26(32)30-14-12-24-23(18-30)22-10-9-21(17-25(22)28(24)2)31-16-15-29(19-27(31)33)13-11-20-7-5-4-6-8-20/h3-10,17,32H,11-16,18-19H2,1-2H3. The molecule has 2 aromatic carbocycles. The molecule has 2 aliphatic rings. The molecule has 0 radical (unpaired) electrons. The third-order valence-corrected chi connectivity index (χ3v) is 7.14. The van der Waals surface area contributed by atoms with Crippen molar-refractivity contribution in [2.24, 2.45) is 7.05 Å². The Balaban J connectivity index is 1.32. The number of anilines is 1. The molecule has 0 bridgehead atoms. The zero-order valence-corrected chi connectivity index (χ0v) is 19.5. The average molecular weight is 445 g/mol. The third-order valence-electron chi connectivity index (χ3n) is 7.14. The fourth-order valence-electron chi connectivity index (χ4n) is 5.23.